The van der Waals surface area contributed by atoms with Crippen molar-refractivity contribution in [1.29, 1.82) is 0 Å². The van der Waals surface area contributed by atoms with E-state index < -0.39 is 0 Å². The molecule has 0 unspecified atom stereocenters. The van der Waals surface area contributed by atoms with Gasteiger partial charge in [0.25, 0.3) is 0 Å². The molecule has 0 saturated heterocycles. The van der Waals surface area contributed by atoms with Crippen molar-refractivity contribution in [3.63, 3.8) is 0 Å². The standard InChI is InChI=1S/C13H17N3O/c1-9-7-13(17)10(2)6-12(9)14-8-11-4-5-15-16(11)3/h4-7,14,17H,8H2,1-3H3. The quantitative estimate of drug-likeness (QED) is 0.797. The normalized spacial score (nSPS) is 10.5. The number of anilines is 1. The lowest BCUT2D eigenvalue weighted by atomic mass is 10.1. The van der Waals surface area contributed by atoms with E-state index in [1.807, 2.05) is 37.7 Å². The highest BCUT2D eigenvalue weighted by atomic mass is 16.3. The van der Waals surface area contributed by atoms with Crippen molar-refractivity contribution in [2.24, 2.45) is 7.05 Å². The van der Waals surface area contributed by atoms with Gasteiger partial charge in [-0.2, -0.15) is 5.10 Å². The maximum absolute atomic E-state index is 9.58. The number of aryl methyl sites for hydroxylation is 3. The lowest BCUT2D eigenvalue weighted by Gasteiger charge is -2.11. The van der Waals surface area contributed by atoms with E-state index in [2.05, 4.69) is 10.4 Å². The highest BCUT2D eigenvalue weighted by molar-refractivity contribution is 5.56. The van der Waals surface area contributed by atoms with E-state index in [9.17, 15) is 5.11 Å². The molecule has 0 aliphatic heterocycles. The summed E-state index contributed by atoms with van der Waals surface area (Å²) in [6.45, 7) is 4.59. The van der Waals surface area contributed by atoms with Crippen LogP contribution in [0.1, 0.15) is 16.8 Å². The molecule has 2 rings (SSSR count). The Morgan fingerprint density at radius 1 is 1.29 bits per heavy atom. The summed E-state index contributed by atoms with van der Waals surface area (Å²) in [5.41, 5.74) is 4.08. The zero-order valence-corrected chi connectivity index (χ0v) is 10.4. The van der Waals surface area contributed by atoms with E-state index in [4.69, 9.17) is 0 Å². The second-order valence-electron chi connectivity index (χ2n) is 4.25. The van der Waals surface area contributed by atoms with Crippen molar-refractivity contribution >= 4 is 5.69 Å². The minimum Gasteiger partial charge on any atom is -0.508 e. The Hall–Kier alpha value is -1.97. The molecule has 2 N–H and O–H groups in total. The molecule has 0 aliphatic carbocycles. The van der Waals surface area contributed by atoms with Crippen molar-refractivity contribution in [2.45, 2.75) is 20.4 Å². The number of benzene rings is 1. The maximum atomic E-state index is 9.58. The number of aromatic nitrogens is 2. The van der Waals surface area contributed by atoms with Crippen LogP contribution in [0.3, 0.4) is 0 Å². The highest BCUT2D eigenvalue weighted by Crippen LogP contribution is 2.25. The molecule has 90 valence electrons. The molecule has 0 radical (unpaired) electrons. The van der Waals surface area contributed by atoms with Gasteiger partial charge in [-0.05, 0) is 43.2 Å². The van der Waals surface area contributed by atoms with Crippen molar-refractivity contribution < 1.29 is 5.11 Å². The van der Waals surface area contributed by atoms with Crippen LogP contribution < -0.4 is 5.32 Å². The van der Waals surface area contributed by atoms with E-state index in [-0.39, 0.29) is 0 Å². The minimum absolute atomic E-state index is 0.341. The predicted octanol–water partition coefficient (Wildman–Crippen LogP) is 2.35. The number of phenolic OH excluding ortho intramolecular Hbond substituents is 1. The summed E-state index contributed by atoms with van der Waals surface area (Å²) in [4.78, 5) is 0. The van der Waals surface area contributed by atoms with Crippen molar-refractivity contribution in [2.75, 3.05) is 5.32 Å². The Labute approximate surface area is 101 Å². The van der Waals surface area contributed by atoms with Gasteiger partial charge in [0, 0.05) is 18.9 Å². The summed E-state index contributed by atoms with van der Waals surface area (Å²) in [5, 5.41) is 17.1. The molecular formula is C13H17N3O. The lowest BCUT2D eigenvalue weighted by molar-refractivity contribution is 0.471. The smallest absolute Gasteiger partial charge is 0.118 e. The van der Waals surface area contributed by atoms with Crippen LogP contribution in [0.4, 0.5) is 5.69 Å². The van der Waals surface area contributed by atoms with Gasteiger partial charge in [0.1, 0.15) is 5.75 Å². The van der Waals surface area contributed by atoms with Crippen LogP contribution in [0.5, 0.6) is 5.75 Å². The van der Waals surface area contributed by atoms with E-state index in [0.29, 0.717) is 5.75 Å². The fourth-order valence-corrected chi connectivity index (χ4v) is 1.75. The summed E-state index contributed by atoms with van der Waals surface area (Å²) < 4.78 is 1.84. The number of aromatic hydroxyl groups is 1. The summed E-state index contributed by atoms with van der Waals surface area (Å²) in [6.07, 6.45) is 1.78. The van der Waals surface area contributed by atoms with Gasteiger partial charge in [0.05, 0.1) is 12.2 Å². The summed E-state index contributed by atoms with van der Waals surface area (Å²) >= 11 is 0. The topological polar surface area (TPSA) is 50.1 Å². The highest BCUT2D eigenvalue weighted by Gasteiger charge is 2.04. The molecule has 0 spiro atoms. The number of nitrogens with one attached hydrogen (secondary N) is 1. The molecule has 0 amide bonds. The first-order valence-electron chi connectivity index (χ1n) is 5.59. The molecule has 1 aromatic heterocycles. The third-order valence-electron chi connectivity index (χ3n) is 2.93. The van der Waals surface area contributed by atoms with Gasteiger partial charge in [0.2, 0.25) is 0 Å². The first-order valence-corrected chi connectivity index (χ1v) is 5.59. The summed E-state index contributed by atoms with van der Waals surface area (Å²) in [5.74, 6) is 0.341. The Balaban J connectivity index is 2.14. The SMILES string of the molecule is Cc1cc(NCc2ccnn2C)c(C)cc1O. The third-order valence-corrected chi connectivity index (χ3v) is 2.93. The summed E-state index contributed by atoms with van der Waals surface area (Å²) in [7, 11) is 1.92. The van der Waals surface area contributed by atoms with Crippen LogP contribution in [0.2, 0.25) is 0 Å². The van der Waals surface area contributed by atoms with Crippen molar-refractivity contribution in [3.05, 3.63) is 41.2 Å². The molecule has 4 nitrogen and oxygen atoms in total. The van der Waals surface area contributed by atoms with E-state index >= 15 is 0 Å². The molecule has 2 aromatic rings. The maximum Gasteiger partial charge on any atom is 0.118 e. The first kappa shape index (κ1) is 11.5. The van der Waals surface area contributed by atoms with E-state index in [0.717, 1.165) is 29.1 Å². The Kier molecular flexibility index (Phi) is 3.04. The number of nitrogens with zero attached hydrogens (tertiary/aromatic N) is 2. The van der Waals surface area contributed by atoms with Gasteiger partial charge in [-0.1, -0.05) is 0 Å². The van der Waals surface area contributed by atoms with Crippen LogP contribution in [-0.2, 0) is 13.6 Å². The minimum atomic E-state index is 0.341. The Morgan fingerprint density at radius 2 is 2.06 bits per heavy atom. The van der Waals surface area contributed by atoms with Crippen LogP contribution in [0.15, 0.2) is 24.4 Å². The molecule has 0 bridgehead atoms. The molecule has 1 heterocycles. The van der Waals surface area contributed by atoms with Gasteiger partial charge >= 0.3 is 0 Å². The molecule has 0 fully saturated rings. The predicted molar refractivity (Wildman–Crippen MR) is 68.1 cm³/mol. The number of hydrogen-bond donors (Lipinski definition) is 2. The third kappa shape index (κ3) is 2.41. The lowest BCUT2D eigenvalue weighted by Crippen LogP contribution is -2.06. The zero-order chi connectivity index (χ0) is 12.4. The Morgan fingerprint density at radius 3 is 2.71 bits per heavy atom. The largest absolute Gasteiger partial charge is 0.508 e. The fraction of sp³-hybridized carbons (Fsp3) is 0.308. The summed E-state index contributed by atoms with van der Waals surface area (Å²) in [6, 6.07) is 5.72. The van der Waals surface area contributed by atoms with Gasteiger partial charge < -0.3 is 10.4 Å². The monoisotopic (exact) mass is 231 g/mol. The van der Waals surface area contributed by atoms with Gasteiger partial charge in [-0.25, -0.2) is 0 Å². The molecule has 0 atom stereocenters. The fourth-order valence-electron chi connectivity index (χ4n) is 1.75. The molecule has 0 aliphatic rings. The second-order valence-corrected chi connectivity index (χ2v) is 4.25. The average molecular weight is 231 g/mol. The van der Waals surface area contributed by atoms with Gasteiger partial charge in [-0.15, -0.1) is 0 Å². The van der Waals surface area contributed by atoms with Crippen LogP contribution in [0, 0.1) is 13.8 Å². The molecule has 1 aromatic carbocycles. The molecular weight excluding hydrogens is 214 g/mol. The molecule has 0 saturated carbocycles. The van der Waals surface area contributed by atoms with Crippen LogP contribution >= 0.6 is 0 Å². The average Bonchev–Trinajstić information content (AvgIpc) is 2.68. The van der Waals surface area contributed by atoms with Crippen LogP contribution in [0.25, 0.3) is 0 Å². The van der Waals surface area contributed by atoms with E-state index in [1.165, 1.54) is 0 Å². The van der Waals surface area contributed by atoms with Crippen molar-refractivity contribution in [1.82, 2.24) is 9.78 Å². The van der Waals surface area contributed by atoms with Gasteiger partial charge in [0.15, 0.2) is 0 Å². The Bertz CT molecular complexity index is 531. The van der Waals surface area contributed by atoms with Gasteiger partial charge in [-0.3, -0.25) is 4.68 Å². The van der Waals surface area contributed by atoms with Crippen molar-refractivity contribution in [3.8, 4) is 5.75 Å². The molecule has 17 heavy (non-hydrogen) atoms. The van der Waals surface area contributed by atoms with E-state index in [1.54, 1.807) is 12.3 Å². The number of rotatable bonds is 3. The van der Waals surface area contributed by atoms with Crippen LogP contribution in [-0.4, -0.2) is 14.9 Å². The number of hydrogen-bond acceptors (Lipinski definition) is 3. The second kappa shape index (κ2) is 4.49. The molecule has 4 heteroatoms. The zero-order valence-electron chi connectivity index (χ0n) is 10.4. The first-order chi connectivity index (χ1) is 8.08. The number of phenols is 1.